The lowest BCUT2D eigenvalue weighted by atomic mass is 9.94. The minimum Gasteiger partial charge on any atom is -0.475 e. The summed E-state index contributed by atoms with van der Waals surface area (Å²) in [5.74, 6) is -3.31. The first-order valence-electron chi connectivity index (χ1n) is 13.5. The van der Waals surface area contributed by atoms with Crippen molar-refractivity contribution in [3.8, 4) is 11.1 Å². The van der Waals surface area contributed by atoms with Crippen LogP contribution < -0.4 is 5.32 Å². The largest absolute Gasteiger partial charge is 0.490 e. The van der Waals surface area contributed by atoms with Gasteiger partial charge in [0.2, 0.25) is 5.91 Å². The van der Waals surface area contributed by atoms with Crippen molar-refractivity contribution in [3.63, 3.8) is 0 Å². The molecule has 9 nitrogen and oxygen atoms in total. The van der Waals surface area contributed by atoms with Gasteiger partial charge in [-0.2, -0.15) is 13.2 Å². The van der Waals surface area contributed by atoms with E-state index in [1.54, 1.807) is 6.20 Å². The molecule has 0 spiro atoms. The molecule has 6 rings (SSSR count). The van der Waals surface area contributed by atoms with Crippen molar-refractivity contribution in [2.24, 2.45) is 0 Å². The van der Waals surface area contributed by atoms with Gasteiger partial charge >= 0.3 is 12.1 Å². The number of aromatic nitrogens is 2. The molecule has 0 bridgehead atoms. The molecular formula is C29H27ClF4N4O5S. The summed E-state index contributed by atoms with van der Waals surface area (Å²) < 4.78 is 55.5. The molecule has 0 aliphatic carbocycles. The molecule has 2 aliphatic heterocycles. The molecule has 5 heterocycles. The number of imide groups is 1. The van der Waals surface area contributed by atoms with Crippen LogP contribution in [0.3, 0.4) is 0 Å². The van der Waals surface area contributed by atoms with Crippen molar-refractivity contribution >= 4 is 61.8 Å². The first-order valence-corrected chi connectivity index (χ1v) is 14.7. The number of carboxylic acids is 1. The number of carbonyl (C=O) groups excluding carboxylic acids is 2. The third-order valence-corrected chi connectivity index (χ3v) is 8.94. The first-order chi connectivity index (χ1) is 20.8. The number of aliphatic carboxylic acids is 1. The first kappa shape index (κ1) is 31.8. The summed E-state index contributed by atoms with van der Waals surface area (Å²) in [5.41, 5.74) is 2.26. The molecule has 1 unspecified atom stereocenters. The molecular weight excluding hydrogens is 628 g/mol. The van der Waals surface area contributed by atoms with Gasteiger partial charge in [0.1, 0.15) is 11.8 Å². The van der Waals surface area contributed by atoms with Crippen LogP contribution in [-0.4, -0.2) is 75.5 Å². The Bertz CT molecular complexity index is 1730. The van der Waals surface area contributed by atoms with Crippen molar-refractivity contribution in [1.29, 1.82) is 0 Å². The highest BCUT2D eigenvalue weighted by molar-refractivity contribution is 7.19. The van der Waals surface area contributed by atoms with E-state index in [1.807, 2.05) is 41.1 Å². The van der Waals surface area contributed by atoms with Crippen molar-refractivity contribution in [3.05, 3.63) is 52.6 Å². The number of piperidine rings is 1. The monoisotopic (exact) mass is 654 g/mol. The number of carbonyl (C=O) groups is 3. The number of ether oxygens (including phenoxy) is 1. The quantitative estimate of drug-likeness (QED) is 0.206. The van der Waals surface area contributed by atoms with E-state index in [4.69, 9.17) is 26.2 Å². The highest BCUT2D eigenvalue weighted by atomic mass is 35.5. The fourth-order valence-corrected chi connectivity index (χ4v) is 6.78. The van der Waals surface area contributed by atoms with Gasteiger partial charge in [-0.1, -0.05) is 11.6 Å². The zero-order chi connectivity index (χ0) is 31.8. The molecule has 2 N–H and O–H groups in total. The smallest absolute Gasteiger partial charge is 0.475 e. The third kappa shape index (κ3) is 6.58. The van der Waals surface area contributed by atoms with Gasteiger partial charge in [-0.05, 0) is 56.3 Å². The minimum atomic E-state index is -5.08. The Morgan fingerprint density at radius 1 is 1.20 bits per heavy atom. The Hall–Kier alpha value is -3.59. The highest BCUT2D eigenvalue weighted by Gasteiger charge is 2.39. The number of halogens is 5. The molecule has 0 radical (unpaired) electrons. The number of hydrogen-bond donors (Lipinski definition) is 2. The van der Waals surface area contributed by atoms with Crippen LogP contribution in [0.1, 0.15) is 24.1 Å². The minimum absolute atomic E-state index is 0.0628. The molecule has 3 aromatic heterocycles. The Kier molecular flexibility index (Phi) is 8.99. The second-order valence-electron chi connectivity index (χ2n) is 10.6. The van der Waals surface area contributed by atoms with Gasteiger partial charge in [0.25, 0.3) is 5.91 Å². The number of alkyl halides is 4. The normalized spacial score (nSPS) is 18.6. The number of nitrogens with zero attached hydrogens (tertiary/aromatic N) is 3. The van der Waals surface area contributed by atoms with E-state index in [1.165, 1.54) is 23.3 Å². The van der Waals surface area contributed by atoms with E-state index < -0.39 is 23.9 Å². The molecule has 2 saturated heterocycles. The number of rotatable bonds is 6. The summed E-state index contributed by atoms with van der Waals surface area (Å²) in [7, 11) is 1.44. The zero-order valence-corrected chi connectivity index (χ0v) is 24.9. The number of carboxylic acid groups (broad SMARTS) is 1. The maximum Gasteiger partial charge on any atom is 0.490 e. The Morgan fingerprint density at radius 2 is 1.91 bits per heavy atom. The predicted molar refractivity (Wildman–Crippen MR) is 156 cm³/mol. The molecule has 44 heavy (non-hydrogen) atoms. The van der Waals surface area contributed by atoms with Crippen LogP contribution in [0.4, 0.5) is 17.6 Å². The van der Waals surface area contributed by atoms with Gasteiger partial charge in [0, 0.05) is 45.9 Å². The van der Waals surface area contributed by atoms with Gasteiger partial charge < -0.3 is 19.7 Å². The van der Waals surface area contributed by atoms with Crippen LogP contribution in [0.15, 0.2) is 42.7 Å². The lowest BCUT2D eigenvalue weighted by molar-refractivity contribution is -0.192. The van der Waals surface area contributed by atoms with E-state index >= 15 is 4.39 Å². The number of pyridine rings is 1. The van der Waals surface area contributed by atoms with Crippen molar-refractivity contribution in [2.75, 3.05) is 20.2 Å². The lowest BCUT2D eigenvalue weighted by Crippen LogP contribution is -2.41. The van der Waals surface area contributed by atoms with E-state index in [0.29, 0.717) is 31.0 Å². The molecule has 234 valence electrons. The molecule has 15 heteroatoms. The Balaban J connectivity index is 0.000000493. The Morgan fingerprint density at radius 3 is 2.55 bits per heavy atom. The van der Waals surface area contributed by atoms with Gasteiger partial charge in [-0.3, -0.25) is 19.5 Å². The maximum atomic E-state index is 15.7. The zero-order valence-electron chi connectivity index (χ0n) is 23.3. The van der Waals surface area contributed by atoms with Crippen LogP contribution in [0, 0.1) is 0 Å². The number of benzene rings is 1. The van der Waals surface area contributed by atoms with Crippen LogP contribution in [-0.2, 0) is 32.2 Å². The average Bonchev–Trinajstić information content (AvgIpc) is 3.64. The summed E-state index contributed by atoms with van der Waals surface area (Å²) in [6.45, 7) is 1.79. The van der Waals surface area contributed by atoms with Crippen LogP contribution >= 0.6 is 22.9 Å². The topological polar surface area (TPSA) is 114 Å². The summed E-state index contributed by atoms with van der Waals surface area (Å²) in [4.78, 5) is 40.5. The van der Waals surface area contributed by atoms with E-state index in [0.717, 1.165) is 37.1 Å². The van der Waals surface area contributed by atoms with Gasteiger partial charge in [0.05, 0.1) is 35.2 Å². The number of nitrogens with one attached hydrogen (secondary N) is 1. The summed E-state index contributed by atoms with van der Waals surface area (Å²) in [6.07, 6.45) is -1.12. The van der Waals surface area contributed by atoms with Crippen molar-refractivity contribution in [2.45, 2.75) is 50.3 Å². The maximum absolute atomic E-state index is 15.7. The third-order valence-electron chi connectivity index (χ3n) is 7.58. The molecule has 0 saturated carbocycles. The number of likely N-dealkylation sites (tertiary alicyclic amines) is 1. The second-order valence-corrected chi connectivity index (χ2v) is 12.1. The molecule has 2 fully saturated rings. The van der Waals surface area contributed by atoms with Crippen molar-refractivity contribution in [1.82, 2.24) is 19.8 Å². The molecule has 2 amide bonds. The van der Waals surface area contributed by atoms with Crippen LogP contribution in [0.5, 0.6) is 0 Å². The van der Waals surface area contributed by atoms with E-state index in [-0.39, 0.29) is 31.3 Å². The molecule has 2 aliphatic rings. The SMILES string of the molecule is COC1CC(=O)N(Cc2cc3nccc(-c4cc(Cl)cc5ccn(CC6(F)CCNCC6)c45)c3s2)C1=O.O=C(O)C(F)(F)F. The predicted octanol–water partition coefficient (Wildman–Crippen LogP) is 5.57. The van der Waals surface area contributed by atoms with E-state index in [2.05, 4.69) is 10.3 Å². The second kappa shape index (κ2) is 12.4. The molecule has 1 aromatic carbocycles. The van der Waals surface area contributed by atoms with Gasteiger partial charge in [-0.25, -0.2) is 9.18 Å². The standard InChI is InChI=1S/C27H26ClFN4O3S.C2HF3O2/c1-36-22-13-23(34)33(26(22)35)14-18-12-21-25(37-18)19(2-6-31-21)20-11-17(28)10-16-3-9-32(24(16)20)15-27(29)4-7-30-8-5-27;3-2(4,5)1(6)7/h2-3,6,9-12,22,30H,4-5,7-8,13-15H2,1H3;(H,6,7). The van der Waals surface area contributed by atoms with Crippen LogP contribution in [0.2, 0.25) is 5.02 Å². The molecule has 1 atom stereocenters. The number of amides is 2. The van der Waals surface area contributed by atoms with E-state index in [9.17, 15) is 22.8 Å². The lowest BCUT2D eigenvalue weighted by Gasteiger charge is -2.31. The highest BCUT2D eigenvalue weighted by Crippen LogP contribution is 2.40. The summed E-state index contributed by atoms with van der Waals surface area (Å²) in [6, 6.07) is 9.65. The van der Waals surface area contributed by atoms with Gasteiger partial charge in [-0.15, -0.1) is 11.3 Å². The fourth-order valence-electron chi connectivity index (χ4n) is 5.42. The summed E-state index contributed by atoms with van der Waals surface area (Å²) >= 11 is 8.03. The van der Waals surface area contributed by atoms with Crippen molar-refractivity contribution < 1.29 is 41.8 Å². The van der Waals surface area contributed by atoms with Gasteiger partial charge in [0.15, 0.2) is 0 Å². The number of methoxy groups -OCH3 is 1. The Labute approximate surface area is 257 Å². The van der Waals surface area contributed by atoms with Crippen LogP contribution in [0.25, 0.3) is 32.2 Å². The number of fused-ring (bicyclic) bond motifs is 2. The number of thiophene rings is 1. The summed E-state index contributed by atoms with van der Waals surface area (Å²) in [5, 5.41) is 11.9. The fraction of sp³-hybridized carbons (Fsp3) is 0.379. The average molecular weight is 655 g/mol. The number of hydrogen-bond acceptors (Lipinski definition) is 7. The molecule has 4 aromatic rings.